The first-order valence-corrected chi connectivity index (χ1v) is 12.9. The minimum Gasteiger partial charge on any atom is -0.507 e. The summed E-state index contributed by atoms with van der Waals surface area (Å²) in [6.07, 6.45) is 1.71. The van der Waals surface area contributed by atoms with E-state index in [2.05, 4.69) is 4.98 Å². The molecule has 8 heteroatoms. The van der Waals surface area contributed by atoms with Gasteiger partial charge in [-0.15, -0.1) is 0 Å². The summed E-state index contributed by atoms with van der Waals surface area (Å²) in [4.78, 5) is 35.1. The summed E-state index contributed by atoms with van der Waals surface area (Å²) in [6.45, 7) is 0.661. The quantitative estimate of drug-likeness (QED) is 0.227. The van der Waals surface area contributed by atoms with E-state index in [9.17, 15) is 14.7 Å². The SMILES string of the molecule is CN(C)c1ccc(C2/C(=C(\O)c3ccc4c(c3)CCCO4)C(=O)C(=O)N2c2nc3ccccc3s2)cc1. The number of rotatable bonds is 4. The normalized spacial score (nSPS) is 18.6. The van der Waals surface area contributed by atoms with E-state index in [-0.39, 0.29) is 11.3 Å². The maximum Gasteiger partial charge on any atom is 0.301 e. The van der Waals surface area contributed by atoms with Crippen molar-refractivity contribution in [2.24, 2.45) is 0 Å². The van der Waals surface area contributed by atoms with Crippen LogP contribution in [0.1, 0.15) is 29.2 Å². The van der Waals surface area contributed by atoms with Crippen LogP contribution in [0.2, 0.25) is 0 Å². The van der Waals surface area contributed by atoms with E-state index in [4.69, 9.17) is 4.74 Å². The molecule has 1 N–H and O–H groups in total. The molecule has 1 atom stereocenters. The Balaban J connectivity index is 1.53. The molecule has 2 aliphatic rings. The molecule has 3 heterocycles. The molecule has 37 heavy (non-hydrogen) atoms. The number of aromatic nitrogens is 1. The van der Waals surface area contributed by atoms with Crippen molar-refractivity contribution < 1.29 is 19.4 Å². The predicted octanol–water partition coefficient (Wildman–Crippen LogP) is 5.31. The summed E-state index contributed by atoms with van der Waals surface area (Å²) in [5, 5.41) is 11.9. The van der Waals surface area contributed by atoms with Gasteiger partial charge in [0.15, 0.2) is 5.13 Å². The summed E-state index contributed by atoms with van der Waals surface area (Å²) >= 11 is 1.35. The second-order valence-electron chi connectivity index (χ2n) is 9.39. The lowest BCUT2D eigenvalue weighted by molar-refractivity contribution is -0.132. The smallest absolute Gasteiger partial charge is 0.301 e. The van der Waals surface area contributed by atoms with Crippen molar-refractivity contribution in [1.82, 2.24) is 4.98 Å². The summed E-state index contributed by atoms with van der Waals surface area (Å²) in [6, 6.07) is 19.8. The van der Waals surface area contributed by atoms with Gasteiger partial charge in [0.05, 0.1) is 28.4 Å². The third-order valence-electron chi connectivity index (χ3n) is 6.84. The van der Waals surface area contributed by atoms with Crippen molar-refractivity contribution in [2.75, 3.05) is 30.5 Å². The Hall–Kier alpha value is -4.17. The molecule has 1 fully saturated rings. The van der Waals surface area contributed by atoms with Crippen LogP contribution in [0.4, 0.5) is 10.8 Å². The molecule has 0 saturated carbocycles. The second kappa shape index (κ2) is 9.05. The van der Waals surface area contributed by atoms with Crippen LogP contribution in [-0.4, -0.2) is 42.5 Å². The highest BCUT2D eigenvalue weighted by Gasteiger charge is 2.48. The number of amides is 1. The van der Waals surface area contributed by atoms with Crippen LogP contribution in [0.5, 0.6) is 5.75 Å². The van der Waals surface area contributed by atoms with Crippen LogP contribution < -0.4 is 14.5 Å². The van der Waals surface area contributed by atoms with Crippen LogP contribution in [0.15, 0.2) is 72.3 Å². The average molecular weight is 512 g/mol. The summed E-state index contributed by atoms with van der Waals surface area (Å²) in [7, 11) is 3.89. The number of thiazole rings is 1. The van der Waals surface area contributed by atoms with Gasteiger partial charge in [0.25, 0.3) is 5.78 Å². The number of aliphatic hydroxyl groups excluding tert-OH is 1. The first-order valence-electron chi connectivity index (χ1n) is 12.1. The standard InChI is InChI=1S/C29H25N3O4S/c1-31(2)20-12-9-17(10-13-20)25-24(26(33)19-11-14-22-18(16-19)6-5-15-36-22)27(34)28(35)32(25)29-30-21-7-3-4-8-23(21)37-29/h3-4,7-14,16,25,33H,5-6,15H2,1-2H3/b26-24+. The van der Waals surface area contributed by atoms with Gasteiger partial charge in [-0.3, -0.25) is 14.5 Å². The molecule has 2 aliphatic heterocycles. The Morgan fingerprint density at radius 3 is 2.62 bits per heavy atom. The van der Waals surface area contributed by atoms with Crippen LogP contribution in [0.25, 0.3) is 16.0 Å². The van der Waals surface area contributed by atoms with Gasteiger partial charge >= 0.3 is 5.91 Å². The topological polar surface area (TPSA) is 83.0 Å². The van der Waals surface area contributed by atoms with Crippen LogP contribution in [0, 0.1) is 0 Å². The van der Waals surface area contributed by atoms with E-state index in [0.29, 0.717) is 22.9 Å². The zero-order chi connectivity index (χ0) is 25.7. The number of aliphatic hydroxyl groups is 1. The molecule has 1 unspecified atom stereocenters. The van der Waals surface area contributed by atoms with Gasteiger partial charge in [-0.1, -0.05) is 35.6 Å². The van der Waals surface area contributed by atoms with Gasteiger partial charge in [0, 0.05) is 25.3 Å². The Labute approximate surface area is 218 Å². The Morgan fingerprint density at radius 1 is 1.08 bits per heavy atom. The first kappa shape index (κ1) is 23.2. The lowest BCUT2D eigenvalue weighted by atomic mass is 9.94. The van der Waals surface area contributed by atoms with Gasteiger partial charge in [0.1, 0.15) is 11.5 Å². The lowest BCUT2D eigenvalue weighted by Crippen LogP contribution is -2.29. The fraction of sp³-hybridized carbons (Fsp3) is 0.207. The highest BCUT2D eigenvalue weighted by molar-refractivity contribution is 7.22. The van der Waals surface area contributed by atoms with Gasteiger partial charge in [0.2, 0.25) is 0 Å². The predicted molar refractivity (Wildman–Crippen MR) is 145 cm³/mol. The summed E-state index contributed by atoms with van der Waals surface area (Å²) in [5.41, 5.74) is 3.96. The Bertz CT molecular complexity index is 1540. The van der Waals surface area contributed by atoms with Gasteiger partial charge in [-0.05, 0) is 66.4 Å². The Kier molecular flexibility index (Phi) is 5.68. The van der Waals surface area contributed by atoms with E-state index < -0.39 is 17.7 Å². The number of carbonyl (C=O) groups is 2. The van der Waals surface area contributed by atoms with E-state index in [1.807, 2.05) is 79.7 Å². The molecular formula is C29H25N3O4S. The summed E-state index contributed by atoms with van der Waals surface area (Å²) < 4.78 is 6.62. The third-order valence-corrected chi connectivity index (χ3v) is 7.88. The lowest BCUT2D eigenvalue weighted by Gasteiger charge is -2.24. The fourth-order valence-electron chi connectivity index (χ4n) is 4.93. The molecule has 0 aliphatic carbocycles. The van der Waals surface area contributed by atoms with Gasteiger partial charge in [-0.2, -0.15) is 0 Å². The van der Waals surface area contributed by atoms with E-state index in [1.54, 1.807) is 6.07 Å². The van der Waals surface area contributed by atoms with Crippen molar-refractivity contribution in [3.05, 3.63) is 89.0 Å². The molecule has 1 aromatic heterocycles. The number of ether oxygens (including phenoxy) is 1. The molecule has 186 valence electrons. The number of Topliss-reactive ketones (excluding diaryl/α,β-unsaturated/α-hetero) is 1. The largest absolute Gasteiger partial charge is 0.507 e. The molecule has 0 radical (unpaired) electrons. The molecule has 0 spiro atoms. The van der Waals surface area contributed by atoms with Crippen molar-refractivity contribution in [1.29, 1.82) is 0 Å². The second-order valence-corrected chi connectivity index (χ2v) is 10.4. The number of fused-ring (bicyclic) bond motifs is 2. The molecule has 4 aromatic rings. The molecule has 7 nitrogen and oxygen atoms in total. The number of nitrogens with zero attached hydrogens (tertiary/aromatic N) is 3. The van der Waals surface area contributed by atoms with Gasteiger partial charge < -0.3 is 14.7 Å². The number of aryl methyl sites for hydroxylation is 1. The van der Waals surface area contributed by atoms with E-state index in [0.717, 1.165) is 40.1 Å². The number of benzene rings is 3. The minimum atomic E-state index is -0.816. The number of ketones is 1. The first-order chi connectivity index (χ1) is 17.9. The van der Waals surface area contributed by atoms with Gasteiger partial charge in [-0.25, -0.2) is 4.98 Å². The molecular weight excluding hydrogens is 486 g/mol. The number of anilines is 2. The van der Waals surface area contributed by atoms with Crippen molar-refractivity contribution in [2.45, 2.75) is 18.9 Å². The Morgan fingerprint density at radius 2 is 1.86 bits per heavy atom. The summed E-state index contributed by atoms with van der Waals surface area (Å²) in [5.74, 6) is -0.846. The molecule has 3 aromatic carbocycles. The third kappa shape index (κ3) is 3.94. The number of hydrogen-bond acceptors (Lipinski definition) is 7. The minimum absolute atomic E-state index is 0.0542. The molecule has 1 amide bonds. The zero-order valence-corrected chi connectivity index (χ0v) is 21.3. The molecule has 1 saturated heterocycles. The van der Waals surface area contributed by atoms with E-state index >= 15 is 0 Å². The highest BCUT2D eigenvalue weighted by atomic mass is 32.1. The van der Waals surface area contributed by atoms with Crippen LogP contribution >= 0.6 is 11.3 Å². The zero-order valence-electron chi connectivity index (χ0n) is 20.5. The van der Waals surface area contributed by atoms with E-state index in [1.165, 1.54) is 16.2 Å². The van der Waals surface area contributed by atoms with Crippen molar-refractivity contribution in [3.8, 4) is 5.75 Å². The average Bonchev–Trinajstić information content (AvgIpc) is 3.46. The highest BCUT2D eigenvalue weighted by Crippen LogP contribution is 2.45. The maximum atomic E-state index is 13.5. The maximum absolute atomic E-state index is 13.5. The monoisotopic (exact) mass is 511 g/mol. The van der Waals surface area contributed by atoms with Crippen molar-refractivity contribution >= 4 is 49.8 Å². The van der Waals surface area contributed by atoms with Crippen LogP contribution in [0.3, 0.4) is 0 Å². The fourth-order valence-corrected chi connectivity index (χ4v) is 5.92. The number of carbonyl (C=O) groups excluding carboxylic acids is 2. The molecule has 0 bridgehead atoms. The number of para-hydroxylation sites is 1. The molecule has 6 rings (SSSR count). The van der Waals surface area contributed by atoms with Crippen LogP contribution in [-0.2, 0) is 16.0 Å². The number of hydrogen-bond donors (Lipinski definition) is 1. The van der Waals surface area contributed by atoms with Crippen molar-refractivity contribution in [3.63, 3.8) is 0 Å².